The Hall–Kier alpha value is -4.34. The standard InChI is InChI=1S/C30H29F3N4O3/c31-30(32,33)24-13-11-23(12-14-24)27(39)35-17-15-29(16-18-35)28(40)36(21-37(29)25-9-5-2-6-10-25)20-26(38)34-19-22-7-3-1-4-8-22/h1-14H,15-21H2,(H,34,38). The lowest BCUT2D eigenvalue weighted by molar-refractivity contribution is -0.137. The topological polar surface area (TPSA) is 73.0 Å². The highest BCUT2D eigenvalue weighted by molar-refractivity contribution is 5.97. The molecular formula is C30H29F3N4O3. The van der Waals surface area contributed by atoms with Gasteiger partial charge in [0, 0.05) is 30.9 Å². The van der Waals surface area contributed by atoms with Crippen LogP contribution in [0.1, 0.15) is 34.3 Å². The number of carbonyl (C=O) groups excluding carboxylic acids is 3. The summed E-state index contributed by atoms with van der Waals surface area (Å²) >= 11 is 0. The van der Waals surface area contributed by atoms with Gasteiger partial charge in [0.2, 0.25) is 5.91 Å². The van der Waals surface area contributed by atoms with Crippen LogP contribution in [0.4, 0.5) is 18.9 Å². The van der Waals surface area contributed by atoms with Gasteiger partial charge < -0.3 is 20.0 Å². The Morgan fingerprint density at radius 3 is 2.05 bits per heavy atom. The van der Waals surface area contributed by atoms with Crippen molar-refractivity contribution in [1.82, 2.24) is 15.1 Å². The van der Waals surface area contributed by atoms with Crippen molar-refractivity contribution in [3.05, 3.63) is 102 Å². The largest absolute Gasteiger partial charge is 0.416 e. The summed E-state index contributed by atoms with van der Waals surface area (Å²) in [5, 5.41) is 2.87. The summed E-state index contributed by atoms with van der Waals surface area (Å²) < 4.78 is 38.8. The number of rotatable bonds is 6. The zero-order valence-corrected chi connectivity index (χ0v) is 21.7. The zero-order valence-electron chi connectivity index (χ0n) is 21.7. The molecule has 0 radical (unpaired) electrons. The molecule has 7 nitrogen and oxygen atoms in total. The van der Waals surface area contributed by atoms with E-state index < -0.39 is 17.3 Å². The average molecular weight is 551 g/mol. The lowest BCUT2D eigenvalue weighted by Crippen LogP contribution is -2.57. The molecule has 2 aliphatic rings. The molecule has 1 spiro atoms. The molecule has 3 aromatic carbocycles. The molecule has 0 aliphatic carbocycles. The van der Waals surface area contributed by atoms with Gasteiger partial charge in [-0.3, -0.25) is 14.4 Å². The van der Waals surface area contributed by atoms with E-state index in [9.17, 15) is 27.6 Å². The van der Waals surface area contributed by atoms with E-state index in [1.807, 2.05) is 65.6 Å². The first kappa shape index (κ1) is 27.2. The van der Waals surface area contributed by atoms with Crippen molar-refractivity contribution in [1.29, 1.82) is 0 Å². The quantitative estimate of drug-likeness (QED) is 0.497. The third-order valence-corrected chi connectivity index (χ3v) is 7.59. The average Bonchev–Trinajstić information content (AvgIpc) is 3.23. The van der Waals surface area contributed by atoms with Gasteiger partial charge in [0.15, 0.2) is 0 Å². The minimum absolute atomic E-state index is 0.0923. The first-order valence-corrected chi connectivity index (χ1v) is 13.1. The monoisotopic (exact) mass is 550 g/mol. The summed E-state index contributed by atoms with van der Waals surface area (Å²) in [7, 11) is 0. The second kappa shape index (κ2) is 11.0. The van der Waals surface area contributed by atoms with Crippen LogP contribution in [0.3, 0.4) is 0 Å². The van der Waals surface area contributed by atoms with E-state index in [0.717, 1.165) is 23.4 Å². The summed E-state index contributed by atoms with van der Waals surface area (Å²) in [6.45, 7) is 1.00. The number of hydrogen-bond acceptors (Lipinski definition) is 4. The molecule has 0 atom stereocenters. The molecule has 40 heavy (non-hydrogen) atoms. The minimum Gasteiger partial charge on any atom is -0.350 e. The van der Waals surface area contributed by atoms with Gasteiger partial charge in [0.25, 0.3) is 11.8 Å². The van der Waals surface area contributed by atoms with E-state index in [1.165, 1.54) is 12.1 Å². The molecule has 2 aliphatic heterocycles. The fourth-order valence-electron chi connectivity index (χ4n) is 5.41. The number of likely N-dealkylation sites (tertiary alicyclic amines) is 1. The minimum atomic E-state index is -4.48. The zero-order chi connectivity index (χ0) is 28.3. The van der Waals surface area contributed by atoms with Crippen molar-refractivity contribution in [2.24, 2.45) is 0 Å². The van der Waals surface area contributed by atoms with Crippen molar-refractivity contribution >= 4 is 23.4 Å². The highest BCUT2D eigenvalue weighted by atomic mass is 19.4. The van der Waals surface area contributed by atoms with Gasteiger partial charge in [-0.2, -0.15) is 13.2 Å². The van der Waals surface area contributed by atoms with E-state index in [0.29, 0.717) is 19.4 Å². The first-order chi connectivity index (χ1) is 19.2. The number of amides is 3. The predicted molar refractivity (Wildman–Crippen MR) is 143 cm³/mol. The van der Waals surface area contributed by atoms with E-state index >= 15 is 0 Å². The number of halogens is 3. The molecule has 208 valence electrons. The van der Waals surface area contributed by atoms with Crippen LogP contribution in [0.15, 0.2) is 84.9 Å². The number of benzene rings is 3. The number of nitrogens with one attached hydrogen (secondary N) is 1. The molecular weight excluding hydrogens is 521 g/mol. The second-order valence-corrected chi connectivity index (χ2v) is 10.1. The number of carbonyl (C=O) groups is 3. The normalized spacial score (nSPS) is 16.9. The Morgan fingerprint density at radius 2 is 1.45 bits per heavy atom. The number of alkyl halides is 3. The lowest BCUT2D eigenvalue weighted by Gasteiger charge is -2.43. The molecule has 2 saturated heterocycles. The summed E-state index contributed by atoms with van der Waals surface area (Å²) in [6.07, 6.45) is -3.82. The maximum Gasteiger partial charge on any atom is 0.416 e. The van der Waals surface area contributed by atoms with Crippen LogP contribution >= 0.6 is 0 Å². The molecule has 10 heteroatoms. The van der Waals surface area contributed by atoms with Gasteiger partial charge in [-0.1, -0.05) is 48.5 Å². The first-order valence-electron chi connectivity index (χ1n) is 13.1. The Kier molecular flexibility index (Phi) is 7.51. The number of anilines is 1. The second-order valence-electron chi connectivity index (χ2n) is 10.1. The molecule has 2 heterocycles. The number of piperidine rings is 1. The van der Waals surface area contributed by atoms with Crippen molar-refractivity contribution < 1.29 is 27.6 Å². The van der Waals surface area contributed by atoms with Crippen LogP contribution < -0.4 is 10.2 Å². The molecule has 3 amide bonds. The number of para-hydroxylation sites is 1. The van der Waals surface area contributed by atoms with Gasteiger partial charge in [-0.05, 0) is 54.8 Å². The fraction of sp³-hybridized carbons (Fsp3) is 0.300. The van der Waals surface area contributed by atoms with Gasteiger partial charge in [-0.25, -0.2) is 0 Å². The third-order valence-electron chi connectivity index (χ3n) is 7.59. The molecule has 3 aromatic rings. The van der Waals surface area contributed by atoms with Crippen molar-refractivity contribution in [2.75, 3.05) is 31.2 Å². The maximum atomic E-state index is 13.8. The van der Waals surface area contributed by atoms with Crippen LogP contribution in [0, 0.1) is 0 Å². The Balaban J connectivity index is 1.29. The smallest absolute Gasteiger partial charge is 0.350 e. The lowest BCUT2D eigenvalue weighted by atomic mass is 9.85. The van der Waals surface area contributed by atoms with Crippen molar-refractivity contribution in [3.63, 3.8) is 0 Å². The van der Waals surface area contributed by atoms with Crippen LogP contribution in [-0.4, -0.2) is 59.4 Å². The Bertz CT molecular complexity index is 1360. The van der Waals surface area contributed by atoms with Gasteiger partial charge >= 0.3 is 6.18 Å². The molecule has 0 bridgehead atoms. The van der Waals surface area contributed by atoms with Crippen LogP contribution in [0.25, 0.3) is 0 Å². The van der Waals surface area contributed by atoms with Gasteiger partial charge in [0.05, 0.1) is 12.2 Å². The molecule has 0 saturated carbocycles. The van der Waals surface area contributed by atoms with E-state index in [2.05, 4.69) is 5.32 Å². The molecule has 0 aromatic heterocycles. The predicted octanol–water partition coefficient (Wildman–Crippen LogP) is 4.30. The van der Waals surface area contributed by atoms with E-state index in [4.69, 9.17) is 0 Å². The molecule has 1 N–H and O–H groups in total. The Morgan fingerprint density at radius 1 is 0.850 bits per heavy atom. The van der Waals surface area contributed by atoms with Gasteiger partial charge in [-0.15, -0.1) is 0 Å². The summed E-state index contributed by atoms with van der Waals surface area (Å²) in [5.74, 6) is -0.817. The highest BCUT2D eigenvalue weighted by Crippen LogP contribution is 2.39. The van der Waals surface area contributed by atoms with E-state index in [-0.39, 0.29) is 49.6 Å². The van der Waals surface area contributed by atoms with E-state index in [1.54, 1.807) is 9.80 Å². The fourth-order valence-corrected chi connectivity index (χ4v) is 5.41. The van der Waals surface area contributed by atoms with Crippen molar-refractivity contribution in [2.45, 2.75) is 31.1 Å². The molecule has 5 rings (SSSR count). The molecule has 2 fully saturated rings. The van der Waals surface area contributed by atoms with Gasteiger partial charge in [0.1, 0.15) is 12.1 Å². The maximum absolute atomic E-state index is 13.8. The van der Waals surface area contributed by atoms with Crippen LogP contribution in [-0.2, 0) is 22.3 Å². The summed E-state index contributed by atoms with van der Waals surface area (Å²) in [4.78, 5) is 44.8. The summed E-state index contributed by atoms with van der Waals surface area (Å²) in [6, 6.07) is 23.1. The Labute approximate surface area is 230 Å². The number of nitrogens with zero attached hydrogens (tertiary/aromatic N) is 3. The number of hydrogen-bond donors (Lipinski definition) is 1. The summed E-state index contributed by atoms with van der Waals surface area (Å²) in [5.41, 5.74) is 0.211. The third kappa shape index (κ3) is 5.52. The van der Waals surface area contributed by atoms with Crippen molar-refractivity contribution in [3.8, 4) is 0 Å². The molecule has 0 unspecified atom stereocenters. The highest BCUT2D eigenvalue weighted by Gasteiger charge is 2.54. The SMILES string of the molecule is O=C(CN1CN(c2ccccc2)C2(CCN(C(=O)c3ccc(C(F)(F)F)cc3)CC2)C1=O)NCc1ccccc1. The van der Waals surface area contributed by atoms with Crippen LogP contribution in [0.2, 0.25) is 0 Å². The van der Waals surface area contributed by atoms with Crippen LogP contribution in [0.5, 0.6) is 0 Å².